The predicted molar refractivity (Wildman–Crippen MR) is 123 cm³/mol. The van der Waals surface area contributed by atoms with E-state index >= 15 is 0 Å². The average molecular weight is 478 g/mol. The van der Waals surface area contributed by atoms with Crippen molar-refractivity contribution < 1.29 is 9.53 Å². The summed E-state index contributed by atoms with van der Waals surface area (Å²) >= 11 is 25.2. The second-order valence-electron chi connectivity index (χ2n) is 6.31. The SMILES string of the molecule is CCOC(=O)c1c(NC(=S)Nc2cc(Cl)c(Cl)cc2Cl)sc2c1CCCCC2. The van der Waals surface area contributed by atoms with E-state index < -0.39 is 0 Å². The Kier molecular flexibility index (Phi) is 7.45. The Morgan fingerprint density at radius 2 is 1.82 bits per heavy atom. The molecule has 1 aromatic carbocycles. The number of carbonyl (C=O) groups is 1. The lowest BCUT2D eigenvalue weighted by Crippen LogP contribution is -2.20. The molecule has 1 aliphatic carbocycles. The van der Waals surface area contributed by atoms with Crippen LogP contribution in [0.4, 0.5) is 10.7 Å². The van der Waals surface area contributed by atoms with Gasteiger partial charge in [0.2, 0.25) is 0 Å². The number of thiophene rings is 1. The van der Waals surface area contributed by atoms with Gasteiger partial charge in [-0.25, -0.2) is 4.79 Å². The lowest BCUT2D eigenvalue weighted by Gasteiger charge is -2.13. The molecule has 0 fully saturated rings. The lowest BCUT2D eigenvalue weighted by molar-refractivity contribution is 0.0527. The first-order valence-corrected chi connectivity index (χ1v) is 11.3. The van der Waals surface area contributed by atoms with Crippen molar-refractivity contribution in [3.05, 3.63) is 43.2 Å². The molecule has 0 unspecified atom stereocenters. The molecule has 0 radical (unpaired) electrons. The highest BCUT2D eigenvalue weighted by Gasteiger charge is 2.26. The highest BCUT2D eigenvalue weighted by Crippen LogP contribution is 2.38. The number of fused-ring (bicyclic) bond motifs is 1. The first kappa shape index (κ1) is 21.7. The molecular formula is C19H19Cl3N2O2S2. The third-order valence-corrected chi connectivity index (χ3v) is 6.83. The number of aryl methyl sites for hydroxylation is 1. The van der Waals surface area contributed by atoms with Gasteiger partial charge in [-0.05, 0) is 62.5 Å². The molecule has 2 N–H and O–H groups in total. The number of hydrogen-bond donors (Lipinski definition) is 2. The van der Waals surface area contributed by atoms with Crippen molar-refractivity contribution in [2.75, 3.05) is 17.2 Å². The van der Waals surface area contributed by atoms with Crippen LogP contribution >= 0.6 is 58.4 Å². The molecule has 1 heterocycles. The second-order valence-corrected chi connectivity index (χ2v) is 9.05. The van der Waals surface area contributed by atoms with Crippen molar-refractivity contribution in [1.29, 1.82) is 0 Å². The van der Waals surface area contributed by atoms with Crippen molar-refractivity contribution in [2.24, 2.45) is 0 Å². The van der Waals surface area contributed by atoms with Crippen LogP contribution in [0, 0.1) is 0 Å². The van der Waals surface area contributed by atoms with Crippen LogP contribution in [0.1, 0.15) is 47.0 Å². The van der Waals surface area contributed by atoms with E-state index in [1.807, 2.05) is 0 Å². The van der Waals surface area contributed by atoms with Gasteiger partial charge in [0.1, 0.15) is 5.00 Å². The molecule has 28 heavy (non-hydrogen) atoms. The first-order chi connectivity index (χ1) is 13.4. The lowest BCUT2D eigenvalue weighted by atomic mass is 10.1. The standard InChI is InChI=1S/C19H19Cl3N2O2S2/c1-2-26-18(25)16-10-6-4-3-5-7-15(10)28-17(16)24-19(27)23-14-9-12(21)11(20)8-13(14)22/h8-9H,2-7H2,1H3,(H2,23,24,27). The molecular weight excluding hydrogens is 459 g/mol. The Balaban J connectivity index is 1.86. The van der Waals surface area contributed by atoms with Crippen molar-refractivity contribution in [2.45, 2.75) is 39.0 Å². The number of esters is 1. The van der Waals surface area contributed by atoms with Gasteiger partial charge in [0.15, 0.2) is 5.11 Å². The molecule has 150 valence electrons. The Hall–Kier alpha value is -1.05. The summed E-state index contributed by atoms with van der Waals surface area (Å²) in [7, 11) is 0. The van der Waals surface area contributed by atoms with E-state index in [0.29, 0.717) is 43.0 Å². The van der Waals surface area contributed by atoms with Crippen LogP contribution in [0.25, 0.3) is 0 Å². The van der Waals surface area contributed by atoms with Gasteiger partial charge < -0.3 is 15.4 Å². The Morgan fingerprint density at radius 1 is 1.11 bits per heavy atom. The van der Waals surface area contributed by atoms with Crippen LogP contribution in [0.15, 0.2) is 12.1 Å². The summed E-state index contributed by atoms with van der Waals surface area (Å²) in [5.74, 6) is -0.320. The number of anilines is 2. The first-order valence-electron chi connectivity index (χ1n) is 8.95. The Bertz CT molecular complexity index is 915. The number of ether oxygens (including phenoxy) is 1. The molecule has 0 amide bonds. The van der Waals surface area contributed by atoms with Gasteiger partial charge in [0.05, 0.1) is 32.9 Å². The fourth-order valence-corrected chi connectivity index (χ4v) is 5.28. The Morgan fingerprint density at radius 3 is 2.57 bits per heavy atom. The summed E-state index contributed by atoms with van der Waals surface area (Å²) in [6.45, 7) is 2.12. The molecule has 0 atom stereocenters. The highest BCUT2D eigenvalue weighted by molar-refractivity contribution is 7.80. The molecule has 4 nitrogen and oxygen atoms in total. The molecule has 0 saturated carbocycles. The van der Waals surface area contributed by atoms with Crippen molar-refractivity contribution >= 4 is 80.1 Å². The number of hydrogen-bond acceptors (Lipinski definition) is 4. The third kappa shape index (κ3) is 4.92. The molecule has 9 heteroatoms. The van der Waals surface area contributed by atoms with E-state index in [0.717, 1.165) is 31.2 Å². The number of nitrogens with one attached hydrogen (secondary N) is 2. The second kappa shape index (κ2) is 9.63. The van der Waals surface area contributed by atoms with Gasteiger partial charge in [-0.15, -0.1) is 11.3 Å². The van der Waals surface area contributed by atoms with Gasteiger partial charge in [-0.3, -0.25) is 0 Å². The maximum Gasteiger partial charge on any atom is 0.341 e. The van der Waals surface area contributed by atoms with E-state index in [9.17, 15) is 4.79 Å². The van der Waals surface area contributed by atoms with Crippen molar-refractivity contribution in [3.63, 3.8) is 0 Å². The minimum absolute atomic E-state index is 0.308. The normalized spacial score (nSPS) is 13.4. The fraction of sp³-hybridized carbons (Fsp3) is 0.368. The summed E-state index contributed by atoms with van der Waals surface area (Å²) in [4.78, 5) is 13.8. The van der Waals surface area contributed by atoms with Crippen LogP contribution in [-0.4, -0.2) is 17.7 Å². The summed E-state index contributed by atoms with van der Waals surface area (Å²) in [5.41, 5.74) is 2.20. The molecule has 0 bridgehead atoms. The van der Waals surface area contributed by atoms with Crippen LogP contribution < -0.4 is 10.6 Å². The number of carbonyl (C=O) groups excluding carboxylic acids is 1. The number of benzene rings is 1. The number of rotatable bonds is 4. The summed E-state index contributed by atoms with van der Waals surface area (Å²) in [5, 5.41) is 8.28. The van der Waals surface area contributed by atoms with Crippen LogP contribution in [-0.2, 0) is 17.6 Å². The predicted octanol–water partition coefficient (Wildman–Crippen LogP) is 6.96. The van der Waals surface area contributed by atoms with Crippen LogP contribution in [0.3, 0.4) is 0 Å². The zero-order valence-electron chi connectivity index (χ0n) is 15.2. The van der Waals surface area contributed by atoms with Crippen molar-refractivity contribution in [3.8, 4) is 0 Å². The minimum Gasteiger partial charge on any atom is -0.462 e. The zero-order valence-corrected chi connectivity index (χ0v) is 19.1. The molecule has 3 rings (SSSR count). The van der Waals surface area contributed by atoms with Gasteiger partial charge in [0, 0.05) is 4.88 Å². The van der Waals surface area contributed by atoms with Crippen LogP contribution in [0.2, 0.25) is 15.1 Å². The maximum atomic E-state index is 12.6. The smallest absolute Gasteiger partial charge is 0.341 e. The van der Waals surface area contributed by atoms with Gasteiger partial charge in [-0.1, -0.05) is 41.2 Å². The van der Waals surface area contributed by atoms with Crippen molar-refractivity contribution in [1.82, 2.24) is 0 Å². The monoisotopic (exact) mass is 476 g/mol. The minimum atomic E-state index is -0.320. The molecule has 1 aromatic heterocycles. The zero-order chi connectivity index (χ0) is 20.3. The summed E-state index contributed by atoms with van der Waals surface area (Å²) < 4.78 is 5.29. The van der Waals surface area contributed by atoms with Crippen LogP contribution in [0.5, 0.6) is 0 Å². The van der Waals surface area contributed by atoms with E-state index in [-0.39, 0.29) is 5.97 Å². The van der Waals surface area contributed by atoms with E-state index in [4.69, 9.17) is 51.8 Å². The van der Waals surface area contributed by atoms with E-state index in [1.54, 1.807) is 30.4 Å². The topological polar surface area (TPSA) is 50.4 Å². The Labute approximate surface area is 188 Å². The molecule has 0 spiro atoms. The molecule has 2 aromatic rings. The highest BCUT2D eigenvalue weighted by atomic mass is 35.5. The molecule has 1 aliphatic rings. The average Bonchev–Trinajstić information content (AvgIpc) is 2.80. The van der Waals surface area contributed by atoms with Gasteiger partial charge in [-0.2, -0.15) is 0 Å². The van der Waals surface area contributed by atoms with E-state index in [2.05, 4.69) is 10.6 Å². The summed E-state index contributed by atoms with van der Waals surface area (Å²) in [6, 6.07) is 3.16. The molecule has 0 saturated heterocycles. The third-order valence-electron chi connectivity index (χ3n) is 4.39. The summed E-state index contributed by atoms with van der Waals surface area (Å²) in [6.07, 6.45) is 5.20. The molecule has 0 aliphatic heterocycles. The quantitative estimate of drug-likeness (QED) is 0.216. The fourth-order valence-electron chi connectivity index (χ4n) is 3.12. The van der Waals surface area contributed by atoms with Gasteiger partial charge >= 0.3 is 5.97 Å². The number of thiocarbonyl (C=S) groups is 1. The maximum absolute atomic E-state index is 12.6. The number of halogens is 3. The van der Waals surface area contributed by atoms with Gasteiger partial charge in [0.25, 0.3) is 0 Å². The largest absolute Gasteiger partial charge is 0.462 e. The van der Waals surface area contributed by atoms with E-state index in [1.165, 1.54) is 11.3 Å².